The molecule has 9 heteroatoms. The lowest BCUT2D eigenvalue weighted by atomic mass is 10.2. The summed E-state index contributed by atoms with van der Waals surface area (Å²) in [6.45, 7) is -0.767. The minimum Gasteiger partial charge on any atom is -0.480 e. The van der Waals surface area contributed by atoms with E-state index in [1.54, 1.807) is 0 Å². The fourth-order valence-electron chi connectivity index (χ4n) is 1.05. The fourth-order valence-corrected chi connectivity index (χ4v) is 1.05. The summed E-state index contributed by atoms with van der Waals surface area (Å²) in [6.07, 6.45) is -5.13. The van der Waals surface area contributed by atoms with Crippen LogP contribution in [0, 0.1) is 0 Å². The van der Waals surface area contributed by atoms with Crippen molar-refractivity contribution in [3.05, 3.63) is 0 Å². The number of hydrogen-bond donors (Lipinski definition) is 4. The average molecular weight is 272 g/mol. The van der Waals surface area contributed by atoms with E-state index in [0.717, 1.165) is 0 Å². The smallest absolute Gasteiger partial charge is 0.389 e. The van der Waals surface area contributed by atoms with Crippen molar-refractivity contribution in [1.82, 2.24) is 10.6 Å². The van der Waals surface area contributed by atoms with E-state index in [9.17, 15) is 22.8 Å². The van der Waals surface area contributed by atoms with E-state index in [1.165, 1.54) is 0 Å². The first-order chi connectivity index (χ1) is 8.26. The largest absolute Gasteiger partial charge is 0.480 e. The van der Waals surface area contributed by atoms with Crippen molar-refractivity contribution in [2.24, 2.45) is 0 Å². The van der Waals surface area contributed by atoms with Crippen LogP contribution in [0.3, 0.4) is 0 Å². The Morgan fingerprint density at radius 2 is 1.83 bits per heavy atom. The van der Waals surface area contributed by atoms with Gasteiger partial charge in [-0.2, -0.15) is 13.2 Å². The number of amides is 2. The molecular weight excluding hydrogens is 257 g/mol. The number of carbonyl (C=O) groups is 2. The second-order valence-electron chi connectivity index (χ2n) is 3.55. The van der Waals surface area contributed by atoms with Gasteiger partial charge in [-0.05, 0) is 12.8 Å². The van der Waals surface area contributed by atoms with Gasteiger partial charge in [-0.3, -0.25) is 0 Å². The van der Waals surface area contributed by atoms with Crippen LogP contribution in [0.1, 0.15) is 19.3 Å². The van der Waals surface area contributed by atoms with Gasteiger partial charge in [-0.25, -0.2) is 9.59 Å². The molecule has 0 bridgehead atoms. The number of aliphatic hydroxyl groups excluding tert-OH is 1. The molecule has 1 atom stereocenters. The Morgan fingerprint density at radius 1 is 1.22 bits per heavy atom. The standard InChI is InChI=1S/C9H15F3N2O4/c10-9(11,12)3-1-2-4-13-8(18)14-6(5-15)7(16)17/h6,15H,1-5H2,(H,16,17)(H2,13,14,18). The Kier molecular flexibility index (Phi) is 7.10. The number of carbonyl (C=O) groups excluding carboxylic acids is 1. The number of carboxylic acid groups (broad SMARTS) is 1. The maximum atomic E-state index is 11.8. The predicted molar refractivity (Wildman–Crippen MR) is 55.0 cm³/mol. The average Bonchev–Trinajstić information content (AvgIpc) is 2.23. The van der Waals surface area contributed by atoms with E-state index in [0.29, 0.717) is 0 Å². The summed E-state index contributed by atoms with van der Waals surface area (Å²) in [5.41, 5.74) is 0. The van der Waals surface area contributed by atoms with Gasteiger partial charge in [0.1, 0.15) is 0 Å². The zero-order chi connectivity index (χ0) is 14.2. The summed E-state index contributed by atoms with van der Waals surface area (Å²) >= 11 is 0. The molecular formula is C9H15F3N2O4. The number of hydrogen-bond acceptors (Lipinski definition) is 3. The van der Waals surface area contributed by atoms with E-state index in [4.69, 9.17) is 10.2 Å². The summed E-state index contributed by atoms with van der Waals surface area (Å²) in [5, 5.41) is 21.2. The number of rotatable bonds is 7. The molecule has 0 heterocycles. The van der Waals surface area contributed by atoms with Crippen LogP contribution in [0.2, 0.25) is 0 Å². The highest BCUT2D eigenvalue weighted by Gasteiger charge is 2.25. The Labute approximate surface area is 101 Å². The van der Waals surface area contributed by atoms with Gasteiger partial charge in [0.25, 0.3) is 0 Å². The molecule has 0 aromatic rings. The number of unbranched alkanes of at least 4 members (excludes halogenated alkanes) is 1. The molecule has 0 radical (unpaired) electrons. The van der Waals surface area contributed by atoms with Crippen LogP contribution >= 0.6 is 0 Å². The second-order valence-corrected chi connectivity index (χ2v) is 3.55. The van der Waals surface area contributed by atoms with E-state index in [2.05, 4.69) is 5.32 Å². The summed E-state index contributed by atoms with van der Waals surface area (Å²) in [5.74, 6) is -1.40. The van der Waals surface area contributed by atoms with Gasteiger partial charge in [-0.15, -0.1) is 0 Å². The van der Waals surface area contributed by atoms with Crippen LogP contribution in [0.5, 0.6) is 0 Å². The van der Waals surface area contributed by atoms with Crippen LogP contribution in [-0.4, -0.2) is 47.6 Å². The van der Waals surface area contributed by atoms with E-state index in [1.807, 2.05) is 5.32 Å². The molecule has 0 aliphatic rings. The molecule has 2 amide bonds. The highest BCUT2D eigenvalue weighted by molar-refractivity contribution is 5.82. The van der Waals surface area contributed by atoms with E-state index < -0.39 is 37.2 Å². The number of nitrogens with one attached hydrogen (secondary N) is 2. The Morgan fingerprint density at radius 3 is 2.28 bits per heavy atom. The lowest BCUT2D eigenvalue weighted by Gasteiger charge is -2.12. The monoisotopic (exact) mass is 272 g/mol. The van der Waals surface area contributed by atoms with Crippen LogP contribution in [-0.2, 0) is 4.79 Å². The summed E-state index contributed by atoms with van der Waals surface area (Å²) in [7, 11) is 0. The second kappa shape index (κ2) is 7.75. The third-order valence-electron chi connectivity index (χ3n) is 1.96. The first-order valence-electron chi connectivity index (χ1n) is 5.21. The van der Waals surface area contributed by atoms with Crippen LogP contribution in [0.4, 0.5) is 18.0 Å². The first kappa shape index (κ1) is 16.5. The molecule has 0 rings (SSSR count). The SMILES string of the molecule is O=C(NCCCCC(F)(F)F)NC(CO)C(=O)O. The molecule has 4 N–H and O–H groups in total. The van der Waals surface area contributed by atoms with Gasteiger partial charge in [0.05, 0.1) is 6.61 Å². The summed E-state index contributed by atoms with van der Waals surface area (Å²) in [4.78, 5) is 21.5. The van der Waals surface area contributed by atoms with Crippen molar-refractivity contribution in [2.75, 3.05) is 13.2 Å². The first-order valence-corrected chi connectivity index (χ1v) is 5.21. The van der Waals surface area contributed by atoms with E-state index in [-0.39, 0.29) is 19.4 Å². The number of halogens is 3. The molecule has 6 nitrogen and oxygen atoms in total. The Bertz CT molecular complexity index is 283. The highest BCUT2D eigenvalue weighted by Crippen LogP contribution is 2.21. The topological polar surface area (TPSA) is 98.7 Å². The summed E-state index contributed by atoms with van der Waals surface area (Å²) < 4.78 is 35.3. The molecule has 0 aromatic heterocycles. The van der Waals surface area contributed by atoms with Crippen LogP contribution in [0.25, 0.3) is 0 Å². The fraction of sp³-hybridized carbons (Fsp3) is 0.778. The highest BCUT2D eigenvalue weighted by atomic mass is 19.4. The van der Waals surface area contributed by atoms with Gasteiger partial charge in [0, 0.05) is 13.0 Å². The maximum Gasteiger partial charge on any atom is 0.389 e. The molecule has 1 unspecified atom stereocenters. The van der Waals surface area contributed by atoms with Crippen LogP contribution < -0.4 is 10.6 Å². The molecule has 0 spiro atoms. The van der Waals surface area contributed by atoms with Crippen molar-refractivity contribution in [2.45, 2.75) is 31.5 Å². The Hall–Kier alpha value is -1.51. The van der Waals surface area contributed by atoms with Crippen LogP contribution in [0.15, 0.2) is 0 Å². The number of aliphatic hydroxyl groups is 1. The van der Waals surface area contributed by atoms with Crippen molar-refractivity contribution in [1.29, 1.82) is 0 Å². The minimum atomic E-state index is -4.21. The number of aliphatic carboxylic acids is 1. The van der Waals surface area contributed by atoms with E-state index >= 15 is 0 Å². The number of carboxylic acids is 1. The van der Waals surface area contributed by atoms with Crippen molar-refractivity contribution >= 4 is 12.0 Å². The van der Waals surface area contributed by atoms with Gasteiger partial charge in [-0.1, -0.05) is 0 Å². The lowest BCUT2D eigenvalue weighted by Crippen LogP contribution is -2.48. The zero-order valence-electron chi connectivity index (χ0n) is 9.46. The quantitative estimate of drug-likeness (QED) is 0.506. The van der Waals surface area contributed by atoms with Crippen molar-refractivity contribution < 1.29 is 33.0 Å². The predicted octanol–water partition coefficient (Wildman–Crippen LogP) is 0.464. The third-order valence-corrected chi connectivity index (χ3v) is 1.96. The maximum absolute atomic E-state index is 11.8. The molecule has 0 fully saturated rings. The molecule has 0 saturated heterocycles. The van der Waals surface area contributed by atoms with Crippen molar-refractivity contribution in [3.8, 4) is 0 Å². The number of alkyl halides is 3. The molecule has 0 saturated carbocycles. The van der Waals surface area contributed by atoms with Gasteiger partial charge in [0.2, 0.25) is 0 Å². The third kappa shape index (κ3) is 8.62. The number of urea groups is 1. The zero-order valence-corrected chi connectivity index (χ0v) is 9.46. The van der Waals surface area contributed by atoms with Gasteiger partial charge in [0.15, 0.2) is 6.04 Å². The molecule has 0 aromatic carbocycles. The van der Waals surface area contributed by atoms with Crippen molar-refractivity contribution in [3.63, 3.8) is 0 Å². The lowest BCUT2D eigenvalue weighted by molar-refractivity contribution is -0.140. The summed E-state index contributed by atoms with van der Waals surface area (Å²) in [6, 6.07) is -2.27. The normalized spacial score (nSPS) is 12.9. The minimum absolute atomic E-state index is 0.000317. The van der Waals surface area contributed by atoms with Gasteiger partial charge < -0.3 is 20.8 Å². The molecule has 0 aliphatic carbocycles. The molecule has 0 aliphatic heterocycles. The molecule has 18 heavy (non-hydrogen) atoms. The van der Waals surface area contributed by atoms with Gasteiger partial charge >= 0.3 is 18.2 Å². The Balaban J connectivity index is 3.68. The molecule has 106 valence electrons.